The van der Waals surface area contributed by atoms with E-state index in [-0.39, 0.29) is 0 Å². The number of aryl methyl sites for hydroxylation is 1. The quantitative estimate of drug-likeness (QED) is 0.436. The fraction of sp³-hybridized carbons (Fsp3) is 0.579. The number of hydrogen-bond acceptors (Lipinski definition) is 1. The minimum atomic E-state index is 1.02. The van der Waals surface area contributed by atoms with E-state index in [4.69, 9.17) is 0 Å². The van der Waals surface area contributed by atoms with Crippen LogP contribution in [0.3, 0.4) is 0 Å². The molecule has 120 valence electrons. The fourth-order valence-corrected chi connectivity index (χ4v) is 2.76. The van der Waals surface area contributed by atoms with Crippen molar-refractivity contribution in [1.82, 2.24) is 9.67 Å². The van der Waals surface area contributed by atoms with E-state index in [0.29, 0.717) is 0 Å². The molecule has 0 bridgehead atoms. The predicted octanol–water partition coefficient (Wildman–Crippen LogP) is 4.69. The molecule has 22 heavy (non-hydrogen) atoms. The standard InChI is InChI=1S/C19H30N3/c1-2-3-4-5-6-7-8-9-13-16-22-18-21(17-20-22)19-14-11-10-12-15-19/h10-12,14-15,17-18H,2-9,13,16H2,1H3/q+1. The first kappa shape index (κ1) is 16.7. The van der Waals surface area contributed by atoms with Gasteiger partial charge in [-0.25, -0.2) is 0 Å². The largest absolute Gasteiger partial charge is 0.270 e. The lowest BCUT2D eigenvalue weighted by atomic mass is 10.1. The van der Waals surface area contributed by atoms with E-state index < -0.39 is 0 Å². The van der Waals surface area contributed by atoms with Crippen LogP contribution in [0.4, 0.5) is 0 Å². The number of unbranched alkanes of at least 4 members (excludes halogenated alkanes) is 8. The third-order valence-electron chi connectivity index (χ3n) is 4.13. The Bertz CT molecular complexity index is 504. The lowest BCUT2D eigenvalue weighted by molar-refractivity contribution is -0.752. The highest BCUT2D eigenvalue weighted by Crippen LogP contribution is 2.09. The smallest absolute Gasteiger partial charge is 0.184 e. The van der Waals surface area contributed by atoms with Crippen molar-refractivity contribution in [2.75, 3.05) is 0 Å². The molecule has 0 saturated heterocycles. The van der Waals surface area contributed by atoms with Crippen molar-refractivity contribution in [1.29, 1.82) is 0 Å². The predicted molar refractivity (Wildman–Crippen MR) is 91.0 cm³/mol. The zero-order valence-corrected chi connectivity index (χ0v) is 14.0. The van der Waals surface area contributed by atoms with Crippen molar-refractivity contribution in [2.45, 2.75) is 71.3 Å². The summed E-state index contributed by atoms with van der Waals surface area (Å²) in [4.78, 5) is 0. The summed E-state index contributed by atoms with van der Waals surface area (Å²) in [6, 6.07) is 10.4. The Morgan fingerprint density at radius 3 is 2.18 bits per heavy atom. The van der Waals surface area contributed by atoms with Gasteiger partial charge in [0.1, 0.15) is 12.2 Å². The highest BCUT2D eigenvalue weighted by atomic mass is 15.3. The van der Waals surface area contributed by atoms with Crippen LogP contribution in [0.2, 0.25) is 0 Å². The average molecular weight is 300 g/mol. The van der Waals surface area contributed by atoms with Gasteiger partial charge in [0, 0.05) is 0 Å². The number of rotatable bonds is 11. The molecule has 0 atom stereocenters. The number of nitrogens with zero attached hydrogens (tertiary/aromatic N) is 3. The van der Waals surface area contributed by atoms with Gasteiger partial charge in [0.25, 0.3) is 6.33 Å². The van der Waals surface area contributed by atoms with Gasteiger partial charge >= 0.3 is 0 Å². The van der Waals surface area contributed by atoms with Gasteiger partial charge in [-0.3, -0.25) is 0 Å². The van der Waals surface area contributed by atoms with Gasteiger partial charge in [-0.2, -0.15) is 4.57 Å². The number of para-hydroxylation sites is 1. The number of benzene rings is 1. The highest BCUT2D eigenvalue weighted by molar-refractivity contribution is 5.29. The Morgan fingerprint density at radius 1 is 0.864 bits per heavy atom. The third-order valence-corrected chi connectivity index (χ3v) is 4.13. The van der Waals surface area contributed by atoms with Crippen LogP contribution >= 0.6 is 0 Å². The van der Waals surface area contributed by atoms with E-state index in [1.807, 2.05) is 17.1 Å². The third kappa shape index (κ3) is 6.00. The zero-order chi connectivity index (χ0) is 15.5. The molecule has 1 heterocycles. The molecule has 3 nitrogen and oxygen atoms in total. The molecule has 0 aliphatic carbocycles. The molecule has 1 aromatic carbocycles. The van der Waals surface area contributed by atoms with Crippen LogP contribution in [0.5, 0.6) is 0 Å². The molecule has 2 aromatic rings. The maximum Gasteiger partial charge on any atom is 0.270 e. The van der Waals surface area contributed by atoms with E-state index in [9.17, 15) is 0 Å². The van der Waals surface area contributed by atoms with Crippen LogP contribution in [0.15, 0.2) is 43.0 Å². The summed E-state index contributed by atoms with van der Waals surface area (Å²) in [6.45, 7) is 3.30. The SMILES string of the molecule is CCCCCCCCCCC[n+]1cn(-c2ccccc2)cn1. The van der Waals surface area contributed by atoms with Crippen molar-refractivity contribution < 1.29 is 4.68 Å². The lowest BCUT2D eigenvalue weighted by Gasteiger charge is -2.00. The number of aromatic nitrogens is 3. The van der Waals surface area contributed by atoms with Crippen LogP contribution in [0.25, 0.3) is 5.69 Å². The Balaban J connectivity index is 1.57. The Kier molecular flexibility index (Phi) is 7.71. The van der Waals surface area contributed by atoms with E-state index in [2.05, 4.69) is 47.2 Å². The van der Waals surface area contributed by atoms with Crippen LogP contribution in [0.1, 0.15) is 64.7 Å². The monoisotopic (exact) mass is 300 g/mol. The van der Waals surface area contributed by atoms with E-state index >= 15 is 0 Å². The minimum Gasteiger partial charge on any atom is -0.184 e. The number of hydrogen-bond donors (Lipinski definition) is 0. The van der Waals surface area contributed by atoms with E-state index in [1.54, 1.807) is 0 Å². The maximum absolute atomic E-state index is 4.44. The fourth-order valence-electron chi connectivity index (χ4n) is 2.76. The van der Waals surface area contributed by atoms with Gasteiger partial charge in [-0.15, -0.1) is 4.68 Å². The van der Waals surface area contributed by atoms with Gasteiger partial charge in [0.15, 0.2) is 0 Å². The van der Waals surface area contributed by atoms with Crippen LogP contribution in [-0.2, 0) is 6.54 Å². The minimum absolute atomic E-state index is 1.02. The molecule has 0 aliphatic rings. The van der Waals surface area contributed by atoms with E-state index in [1.165, 1.54) is 63.5 Å². The van der Waals surface area contributed by atoms with Gasteiger partial charge in [0.05, 0.1) is 0 Å². The summed E-state index contributed by atoms with van der Waals surface area (Å²) in [6.07, 6.45) is 16.3. The van der Waals surface area contributed by atoms with Crippen LogP contribution in [-0.4, -0.2) is 9.67 Å². The molecule has 0 radical (unpaired) electrons. The summed E-state index contributed by atoms with van der Waals surface area (Å²) in [7, 11) is 0. The Labute approximate surface area is 135 Å². The van der Waals surface area contributed by atoms with Gasteiger partial charge in [0.2, 0.25) is 6.33 Å². The first-order valence-electron chi connectivity index (χ1n) is 8.89. The lowest BCUT2D eigenvalue weighted by Crippen LogP contribution is -2.34. The van der Waals surface area contributed by atoms with Crippen molar-refractivity contribution in [3.63, 3.8) is 0 Å². The molecule has 1 aromatic heterocycles. The van der Waals surface area contributed by atoms with E-state index in [0.717, 1.165) is 6.54 Å². The molecule has 3 heteroatoms. The molecule has 0 unspecified atom stereocenters. The first-order chi connectivity index (χ1) is 10.9. The maximum atomic E-state index is 4.44. The van der Waals surface area contributed by atoms with Gasteiger partial charge < -0.3 is 0 Å². The average Bonchev–Trinajstić information content (AvgIpc) is 3.03. The molecule has 0 fully saturated rings. The van der Waals surface area contributed by atoms with Crippen molar-refractivity contribution in [3.8, 4) is 5.69 Å². The molecule has 2 rings (SSSR count). The molecule has 0 aliphatic heterocycles. The highest BCUT2D eigenvalue weighted by Gasteiger charge is 2.06. The van der Waals surface area contributed by atoms with Crippen LogP contribution in [0, 0.1) is 0 Å². The zero-order valence-electron chi connectivity index (χ0n) is 14.0. The summed E-state index contributed by atoms with van der Waals surface area (Å²) in [5.74, 6) is 0. The molecule has 0 N–H and O–H groups in total. The van der Waals surface area contributed by atoms with Gasteiger partial charge in [-0.1, -0.05) is 70.1 Å². The molecule has 0 saturated carbocycles. The second-order valence-corrected chi connectivity index (χ2v) is 6.08. The summed E-state index contributed by atoms with van der Waals surface area (Å²) in [5, 5.41) is 4.44. The Hall–Kier alpha value is -1.64. The topological polar surface area (TPSA) is 21.7 Å². The van der Waals surface area contributed by atoms with Crippen molar-refractivity contribution in [2.24, 2.45) is 0 Å². The van der Waals surface area contributed by atoms with Crippen molar-refractivity contribution >= 4 is 0 Å². The molecule has 0 spiro atoms. The first-order valence-corrected chi connectivity index (χ1v) is 8.89. The second kappa shape index (κ2) is 10.1. The Morgan fingerprint density at radius 2 is 1.50 bits per heavy atom. The molecular formula is C19H30N3+. The normalized spacial score (nSPS) is 11.0. The summed E-state index contributed by atoms with van der Waals surface area (Å²) in [5.41, 5.74) is 1.17. The second-order valence-electron chi connectivity index (χ2n) is 6.08. The summed E-state index contributed by atoms with van der Waals surface area (Å²) < 4.78 is 4.13. The van der Waals surface area contributed by atoms with Crippen molar-refractivity contribution in [3.05, 3.63) is 43.0 Å². The molecular weight excluding hydrogens is 270 g/mol. The van der Waals surface area contributed by atoms with Crippen LogP contribution < -0.4 is 4.68 Å². The summed E-state index contributed by atoms with van der Waals surface area (Å²) >= 11 is 0. The molecule has 0 amide bonds. The van der Waals surface area contributed by atoms with Gasteiger partial charge in [-0.05, 0) is 30.1 Å².